The molecule has 0 bridgehead atoms. The van der Waals surface area contributed by atoms with Crippen LogP contribution in [0.15, 0.2) is 72.8 Å². The Kier molecular flexibility index (Phi) is 7.01. The third-order valence-electron chi connectivity index (χ3n) is 6.11. The van der Waals surface area contributed by atoms with Crippen LogP contribution in [0.1, 0.15) is 23.6 Å². The second-order valence-corrected chi connectivity index (χ2v) is 8.02. The molecule has 1 N–H and O–H groups in total. The van der Waals surface area contributed by atoms with Crippen LogP contribution in [0, 0.1) is 5.92 Å². The molecule has 3 aromatic carbocycles. The first-order chi connectivity index (χ1) is 16.5. The third-order valence-corrected chi connectivity index (χ3v) is 6.11. The van der Waals surface area contributed by atoms with Crippen molar-refractivity contribution >= 4 is 17.5 Å². The van der Waals surface area contributed by atoms with Crippen molar-refractivity contribution in [3.05, 3.63) is 83.9 Å². The maximum absolute atomic E-state index is 13.4. The summed E-state index contributed by atoms with van der Waals surface area (Å²) < 4.78 is 15.9. The van der Waals surface area contributed by atoms with Crippen molar-refractivity contribution in [2.75, 3.05) is 26.2 Å². The molecule has 0 aromatic heterocycles. The first-order valence-corrected chi connectivity index (χ1v) is 11.1. The number of amides is 2. The number of rotatable bonds is 8. The lowest BCUT2D eigenvalue weighted by Crippen LogP contribution is -2.35. The number of nitrogens with zero attached hydrogens (tertiary/aromatic N) is 1. The van der Waals surface area contributed by atoms with Gasteiger partial charge in [-0.1, -0.05) is 30.3 Å². The van der Waals surface area contributed by atoms with Gasteiger partial charge in [0, 0.05) is 24.2 Å². The van der Waals surface area contributed by atoms with E-state index < -0.39 is 12.0 Å². The number of methoxy groups -OCH3 is 3. The van der Waals surface area contributed by atoms with Gasteiger partial charge in [-0.05, 0) is 48.0 Å². The van der Waals surface area contributed by atoms with Gasteiger partial charge < -0.3 is 24.4 Å². The van der Waals surface area contributed by atoms with Gasteiger partial charge in [0.1, 0.15) is 17.2 Å². The van der Waals surface area contributed by atoms with Crippen molar-refractivity contribution in [2.45, 2.75) is 19.0 Å². The molecule has 1 heterocycles. The smallest absolute Gasteiger partial charge is 0.228 e. The van der Waals surface area contributed by atoms with Crippen LogP contribution in [-0.4, -0.2) is 33.1 Å². The molecule has 1 fully saturated rings. The van der Waals surface area contributed by atoms with Crippen molar-refractivity contribution in [1.29, 1.82) is 0 Å². The molecule has 1 aliphatic heterocycles. The number of benzene rings is 3. The fourth-order valence-corrected chi connectivity index (χ4v) is 4.36. The Morgan fingerprint density at radius 2 is 1.50 bits per heavy atom. The van der Waals surface area contributed by atoms with Crippen LogP contribution in [0.2, 0.25) is 0 Å². The van der Waals surface area contributed by atoms with Crippen LogP contribution in [0.3, 0.4) is 0 Å². The Hall–Kier alpha value is -4.00. The summed E-state index contributed by atoms with van der Waals surface area (Å²) in [6, 6.07) is 21.9. The summed E-state index contributed by atoms with van der Waals surface area (Å²) in [5.41, 5.74) is 2.45. The van der Waals surface area contributed by atoms with E-state index in [1.54, 1.807) is 26.2 Å². The van der Waals surface area contributed by atoms with E-state index >= 15 is 0 Å². The van der Waals surface area contributed by atoms with Crippen molar-refractivity contribution in [2.24, 2.45) is 5.92 Å². The van der Waals surface area contributed by atoms with Crippen molar-refractivity contribution in [3.8, 4) is 17.2 Å². The number of ether oxygens (including phenoxy) is 3. The maximum atomic E-state index is 13.4. The standard InChI is InChI=1S/C27H28N2O5/c1-32-21-12-8-18(9-13-21)26-23(27(31)28-17-19-6-4-5-7-24(19)34-3)16-25(30)29(26)20-10-14-22(33-2)15-11-20/h4-15,23,26H,16-17H2,1-3H3,(H,28,31)/t23-,26+/m0/s1. The number of nitrogens with one attached hydrogen (secondary N) is 1. The van der Waals surface area contributed by atoms with Gasteiger partial charge in [0.05, 0.1) is 33.3 Å². The number of anilines is 1. The monoisotopic (exact) mass is 460 g/mol. The van der Waals surface area contributed by atoms with E-state index in [4.69, 9.17) is 14.2 Å². The predicted octanol–water partition coefficient (Wildman–Crippen LogP) is 4.12. The lowest BCUT2D eigenvalue weighted by Gasteiger charge is -2.28. The Labute approximate surface area is 199 Å². The molecule has 176 valence electrons. The van der Waals surface area contributed by atoms with Gasteiger partial charge in [0.25, 0.3) is 0 Å². The zero-order valence-corrected chi connectivity index (χ0v) is 19.5. The minimum atomic E-state index is -0.558. The van der Waals surface area contributed by atoms with Gasteiger partial charge in [-0.3, -0.25) is 9.59 Å². The SMILES string of the molecule is COc1ccc([C@@H]2[C@@H](C(=O)NCc3ccccc3OC)CC(=O)N2c2ccc(OC)cc2)cc1. The summed E-state index contributed by atoms with van der Waals surface area (Å²) >= 11 is 0. The second kappa shape index (κ2) is 10.3. The minimum absolute atomic E-state index is 0.108. The van der Waals surface area contributed by atoms with Gasteiger partial charge in [-0.2, -0.15) is 0 Å². The zero-order chi connectivity index (χ0) is 24.1. The molecular formula is C27H28N2O5. The highest BCUT2D eigenvalue weighted by Gasteiger charge is 2.45. The summed E-state index contributed by atoms with van der Waals surface area (Å²) in [7, 11) is 4.80. The fraction of sp³-hybridized carbons (Fsp3) is 0.259. The van der Waals surface area contributed by atoms with Crippen LogP contribution in [-0.2, 0) is 16.1 Å². The molecule has 7 nitrogen and oxygen atoms in total. The van der Waals surface area contributed by atoms with E-state index in [9.17, 15) is 9.59 Å². The zero-order valence-electron chi connectivity index (χ0n) is 19.5. The number of para-hydroxylation sites is 1. The molecule has 2 amide bonds. The van der Waals surface area contributed by atoms with Crippen LogP contribution in [0.25, 0.3) is 0 Å². The van der Waals surface area contributed by atoms with Crippen LogP contribution < -0.4 is 24.4 Å². The number of hydrogen-bond donors (Lipinski definition) is 1. The van der Waals surface area contributed by atoms with E-state index in [2.05, 4.69) is 5.32 Å². The van der Waals surface area contributed by atoms with Crippen LogP contribution in [0.5, 0.6) is 17.2 Å². The molecule has 0 unspecified atom stereocenters. The largest absolute Gasteiger partial charge is 0.497 e. The van der Waals surface area contributed by atoms with Crippen molar-refractivity contribution < 1.29 is 23.8 Å². The molecular weight excluding hydrogens is 432 g/mol. The summed E-state index contributed by atoms with van der Waals surface area (Å²) in [6.45, 7) is 0.311. The lowest BCUT2D eigenvalue weighted by atomic mass is 9.92. The first kappa shape index (κ1) is 23.2. The van der Waals surface area contributed by atoms with Gasteiger partial charge in [-0.25, -0.2) is 0 Å². The first-order valence-electron chi connectivity index (χ1n) is 11.1. The Bertz CT molecular complexity index is 1140. The molecule has 3 aromatic rings. The highest BCUT2D eigenvalue weighted by Crippen LogP contribution is 2.42. The number of carbonyl (C=O) groups is 2. The molecule has 4 rings (SSSR count). The molecule has 1 saturated heterocycles. The molecule has 2 atom stereocenters. The average Bonchev–Trinajstić information content (AvgIpc) is 3.24. The molecule has 0 saturated carbocycles. The summed E-state index contributed by atoms with van der Waals surface area (Å²) in [6.07, 6.45) is 0.112. The molecule has 0 radical (unpaired) electrons. The van der Waals surface area contributed by atoms with Crippen molar-refractivity contribution in [3.63, 3.8) is 0 Å². The van der Waals surface area contributed by atoms with E-state index in [0.29, 0.717) is 29.5 Å². The lowest BCUT2D eigenvalue weighted by molar-refractivity contribution is -0.127. The van der Waals surface area contributed by atoms with Gasteiger partial charge >= 0.3 is 0 Å². The molecule has 34 heavy (non-hydrogen) atoms. The molecule has 0 aliphatic carbocycles. The highest BCUT2D eigenvalue weighted by atomic mass is 16.5. The third kappa shape index (κ3) is 4.69. The molecule has 7 heteroatoms. The van der Waals surface area contributed by atoms with Gasteiger partial charge in [-0.15, -0.1) is 0 Å². The van der Waals surface area contributed by atoms with E-state index in [0.717, 1.165) is 11.1 Å². The van der Waals surface area contributed by atoms with E-state index in [-0.39, 0.29) is 18.2 Å². The maximum Gasteiger partial charge on any atom is 0.228 e. The Morgan fingerprint density at radius 1 is 0.882 bits per heavy atom. The average molecular weight is 461 g/mol. The summed E-state index contributed by atoms with van der Waals surface area (Å²) in [5, 5.41) is 3.01. The van der Waals surface area contributed by atoms with Crippen LogP contribution in [0.4, 0.5) is 5.69 Å². The highest BCUT2D eigenvalue weighted by molar-refractivity contribution is 6.01. The normalized spacial score (nSPS) is 17.4. The fourth-order valence-electron chi connectivity index (χ4n) is 4.36. The summed E-state index contributed by atoms with van der Waals surface area (Å²) in [4.78, 5) is 28.3. The number of carbonyl (C=O) groups excluding carboxylic acids is 2. The second-order valence-electron chi connectivity index (χ2n) is 8.02. The van der Waals surface area contributed by atoms with E-state index in [1.807, 2.05) is 72.8 Å². The Morgan fingerprint density at radius 3 is 2.12 bits per heavy atom. The quantitative estimate of drug-likeness (QED) is 0.547. The predicted molar refractivity (Wildman–Crippen MR) is 129 cm³/mol. The van der Waals surface area contributed by atoms with Gasteiger partial charge in [0.2, 0.25) is 11.8 Å². The topological polar surface area (TPSA) is 77.1 Å². The van der Waals surface area contributed by atoms with Gasteiger partial charge in [0.15, 0.2) is 0 Å². The van der Waals surface area contributed by atoms with Crippen molar-refractivity contribution in [1.82, 2.24) is 5.32 Å². The molecule has 1 aliphatic rings. The number of hydrogen-bond acceptors (Lipinski definition) is 5. The minimum Gasteiger partial charge on any atom is -0.497 e. The Balaban J connectivity index is 1.64. The molecule has 0 spiro atoms. The summed E-state index contributed by atoms with van der Waals surface area (Å²) in [5.74, 6) is 1.26. The van der Waals surface area contributed by atoms with Crippen LogP contribution >= 0.6 is 0 Å². The van der Waals surface area contributed by atoms with E-state index in [1.165, 1.54) is 0 Å².